The van der Waals surface area contributed by atoms with Crippen molar-refractivity contribution in [2.75, 3.05) is 23.3 Å². The van der Waals surface area contributed by atoms with E-state index >= 15 is 0 Å². The molecule has 0 aliphatic carbocycles. The summed E-state index contributed by atoms with van der Waals surface area (Å²) in [5, 5.41) is 8.72. The summed E-state index contributed by atoms with van der Waals surface area (Å²) in [6, 6.07) is 17.8. The fourth-order valence-corrected chi connectivity index (χ4v) is 4.80. The molecule has 0 radical (unpaired) electrons. The van der Waals surface area contributed by atoms with Gasteiger partial charge in [0.1, 0.15) is 5.82 Å². The number of para-hydroxylation sites is 1. The van der Waals surface area contributed by atoms with Crippen molar-refractivity contribution in [3.63, 3.8) is 0 Å². The molecular weight excluding hydrogens is 446 g/mol. The molecule has 1 aliphatic rings. The molecule has 7 heteroatoms. The maximum Gasteiger partial charge on any atom is 0.227 e. The van der Waals surface area contributed by atoms with Crippen LogP contribution in [0, 0.1) is 26.7 Å². The number of nitrogens with one attached hydrogen (secondary N) is 1. The van der Waals surface area contributed by atoms with Crippen LogP contribution in [0.25, 0.3) is 16.9 Å². The lowest BCUT2D eigenvalue weighted by Crippen LogP contribution is -2.39. The summed E-state index contributed by atoms with van der Waals surface area (Å²) < 4.78 is 1.91. The molecule has 1 amide bonds. The lowest BCUT2D eigenvalue weighted by atomic mass is 9.95. The molecule has 1 fully saturated rings. The number of amides is 1. The highest BCUT2D eigenvalue weighted by molar-refractivity contribution is 6.30. The zero-order valence-electron chi connectivity index (χ0n) is 19.7. The molecule has 0 atom stereocenters. The molecule has 0 spiro atoms. The highest BCUT2D eigenvalue weighted by Crippen LogP contribution is 2.29. The topological polar surface area (TPSA) is 62.5 Å². The van der Waals surface area contributed by atoms with Gasteiger partial charge >= 0.3 is 0 Å². The predicted octanol–water partition coefficient (Wildman–Crippen LogP) is 5.83. The second-order valence-electron chi connectivity index (χ2n) is 9.08. The van der Waals surface area contributed by atoms with Crippen molar-refractivity contribution in [1.29, 1.82) is 0 Å². The summed E-state index contributed by atoms with van der Waals surface area (Å²) >= 11 is 6.05. The van der Waals surface area contributed by atoms with Crippen LogP contribution in [-0.4, -0.2) is 33.6 Å². The lowest BCUT2D eigenvalue weighted by molar-refractivity contribution is -0.120. The van der Waals surface area contributed by atoms with Crippen molar-refractivity contribution in [2.24, 2.45) is 5.92 Å². The molecule has 0 unspecified atom stereocenters. The van der Waals surface area contributed by atoms with Gasteiger partial charge in [-0.1, -0.05) is 41.9 Å². The van der Waals surface area contributed by atoms with Crippen LogP contribution in [0.4, 0.5) is 11.5 Å². The molecular formula is C27H28ClN5O. The SMILES string of the molecule is Cc1cc(N2CCC(C(=O)Nc3c(C)cccc3C)CC2)n2nc(-c3ccc(Cl)cc3)cc2n1. The van der Waals surface area contributed by atoms with Crippen molar-refractivity contribution in [2.45, 2.75) is 33.6 Å². The second kappa shape index (κ2) is 9.11. The normalized spacial score (nSPS) is 14.5. The highest BCUT2D eigenvalue weighted by atomic mass is 35.5. The maximum absolute atomic E-state index is 13.0. The maximum atomic E-state index is 13.0. The van der Waals surface area contributed by atoms with Gasteiger partial charge < -0.3 is 10.2 Å². The van der Waals surface area contributed by atoms with Gasteiger partial charge in [-0.25, -0.2) is 4.98 Å². The first-order valence-electron chi connectivity index (χ1n) is 11.6. The quantitative estimate of drug-likeness (QED) is 0.405. The van der Waals surface area contributed by atoms with Crippen LogP contribution >= 0.6 is 11.6 Å². The number of aromatic nitrogens is 3. The average molecular weight is 474 g/mol. The number of rotatable bonds is 4. The number of aryl methyl sites for hydroxylation is 3. The van der Waals surface area contributed by atoms with Gasteiger partial charge in [-0.15, -0.1) is 0 Å². The van der Waals surface area contributed by atoms with Gasteiger partial charge in [0.2, 0.25) is 5.91 Å². The zero-order chi connectivity index (χ0) is 23.8. The number of benzene rings is 2. The monoisotopic (exact) mass is 473 g/mol. The van der Waals surface area contributed by atoms with Gasteiger partial charge in [0.15, 0.2) is 5.65 Å². The number of hydrogen-bond donors (Lipinski definition) is 1. The largest absolute Gasteiger partial charge is 0.356 e. The molecule has 4 aromatic rings. The first-order chi connectivity index (χ1) is 16.4. The summed E-state index contributed by atoms with van der Waals surface area (Å²) in [5.41, 5.74) is 6.74. The number of hydrogen-bond acceptors (Lipinski definition) is 4. The first kappa shape index (κ1) is 22.4. The zero-order valence-corrected chi connectivity index (χ0v) is 20.4. The summed E-state index contributed by atoms with van der Waals surface area (Å²) in [5.74, 6) is 1.12. The highest BCUT2D eigenvalue weighted by Gasteiger charge is 2.27. The molecule has 3 heterocycles. The minimum Gasteiger partial charge on any atom is -0.356 e. The molecule has 2 aromatic heterocycles. The third kappa shape index (κ3) is 4.38. The molecule has 34 heavy (non-hydrogen) atoms. The van der Waals surface area contributed by atoms with E-state index in [2.05, 4.69) is 21.3 Å². The number of fused-ring (bicyclic) bond motifs is 1. The fourth-order valence-electron chi connectivity index (χ4n) is 4.68. The van der Waals surface area contributed by atoms with E-state index in [1.807, 2.05) is 73.8 Å². The van der Waals surface area contributed by atoms with Gasteiger partial charge in [0.25, 0.3) is 0 Å². The van der Waals surface area contributed by atoms with Crippen molar-refractivity contribution in [3.8, 4) is 11.3 Å². The van der Waals surface area contributed by atoms with Gasteiger partial charge in [0.05, 0.1) is 5.69 Å². The van der Waals surface area contributed by atoms with Crippen LogP contribution in [0.2, 0.25) is 5.02 Å². The Hall–Kier alpha value is -3.38. The molecule has 2 aromatic carbocycles. The van der Waals surface area contributed by atoms with Crippen molar-refractivity contribution >= 4 is 34.7 Å². The minimum atomic E-state index is -0.00377. The number of carbonyl (C=O) groups is 1. The van der Waals surface area contributed by atoms with Gasteiger partial charge in [-0.05, 0) is 56.9 Å². The van der Waals surface area contributed by atoms with E-state index in [1.54, 1.807) is 0 Å². The Morgan fingerprint density at radius 3 is 2.35 bits per heavy atom. The van der Waals surface area contributed by atoms with Crippen molar-refractivity contribution < 1.29 is 4.79 Å². The summed E-state index contributed by atoms with van der Waals surface area (Å²) in [7, 11) is 0. The lowest BCUT2D eigenvalue weighted by Gasteiger charge is -2.33. The molecule has 5 rings (SSSR count). The van der Waals surface area contributed by atoms with E-state index in [-0.39, 0.29) is 11.8 Å². The first-order valence-corrected chi connectivity index (χ1v) is 12.0. The van der Waals surface area contributed by atoms with Crippen molar-refractivity contribution in [1.82, 2.24) is 14.6 Å². The van der Waals surface area contributed by atoms with Gasteiger partial charge in [-0.3, -0.25) is 4.79 Å². The minimum absolute atomic E-state index is 0.00377. The van der Waals surface area contributed by atoms with Crippen LogP contribution in [-0.2, 0) is 4.79 Å². The number of halogens is 1. The average Bonchev–Trinajstić information content (AvgIpc) is 3.25. The standard InChI is InChI=1S/C27H28ClN5O/c1-17-5-4-6-18(2)26(17)30-27(34)21-11-13-32(14-12-21)25-15-19(3)29-24-16-23(31-33(24)25)20-7-9-22(28)10-8-20/h4-10,15-16,21H,11-14H2,1-3H3,(H,30,34). The molecule has 1 N–H and O–H groups in total. The molecule has 6 nitrogen and oxygen atoms in total. The smallest absolute Gasteiger partial charge is 0.227 e. The van der Waals surface area contributed by atoms with E-state index in [1.165, 1.54) is 0 Å². The van der Waals surface area contributed by atoms with Crippen LogP contribution < -0.4 is 10.2 Å². The van der Waals surface area contributed by atoms with Gasteiger partial charge in [-0.2, -0.15) is 9.61 Å². The van der Waals surface area contributed by atoms with Crippen LogP contribution in [0.5, 0.6) is 0 Å². The second-order valence-corrected chi connectivity index (χ2v) is 9.52. The Morgan fingerprint density at radius 1 is 1.00 bits per heavy atom. The number of carbonyl (C=O) groups excluding carboxylic acids is 1. The summed E-state index contributed by atoms with van der Waals surface area (Å²) in [4.78, 5) is 20.0. The van der Waals surface area contributed by atoms with E-state index in [9.17, 15) is 4.79 Å². The fraction of sp³-hybridized carbons (Fsp3) is 0.296. The molecule has 0 saturated carbocycles. The van der Waals surface area contributed by atoms with E-state index in [0.717, 1.165) is 71.2 Å². The van der Waals surface area contributed by atoms with E-state index in [4.69, 9.17) is 16.7 Å². The molecule has 1 saturated heterocycles. The Morgan fingerprint density at radius 2 is 1.68 bits per heavy atom. The Kier molecular flexibility index (Phi) is 6.00. The molecule has 0 bridgehead atoms. The van der Waals surface area contributed by atoms with Crippen LogP contribution in [0.1, 0.15) is 29.7 Å². The van der Waals surface area contributed by atoms with Crippen LogP contribution in [0.3, 0.4) is 0 Å². The Balaban J connectivity index is 1.34. The Bertz CT molecular complexity index is 1330. The predicted molar refractivity (Wildman–Crippen MR) is 138 cm³/mol. The number of piperidine rings is 1. The third-order valence-electron chi connectivity index (χ3n) is 6.60. The molecule has 1 aliphatic heterocycles. The van der Waals surface area contributed by atoms with Gasteiger partial charge in [0, 0.05) is 53.1 Å². The van der Waals surface area contributed by atoms with Crippen molar-refractivity contribution in [3.05, 3.63) is 76.4 Å². The molecule has 174 valence electrons. The number of anilines is 2. The summed E-state index contributed by atoms with van der Waals surface area (Å²) in [6.07, 6.45) is 1.59. The number of nitrogens with zero attached hydrogens (tertiary/aromatic N) is 4. The van der Waals surface area contributed by atoms with E-state index in [0.29, 0.717) is 5.02 Å². The third-order valence-corrected chi connectivity index (χ3v) is 6.85. The summed E-state index contributed by atoms with van der Waals surface area (Å²) in [6.45, 7) is 7.65. The van der Waals surface area contributed by atoms with Crippen LogP contribution in [0.15, 0.2) is 54.6 Å². The van der Waals surface area contributed by atoms with E-state index < -0.39 is 0 Å². The Labute approximate surface area is 204 Å².